The molecule has 1 amide bonds. The zero-order valence-corrected chi connectivity index (χ0v) is 9.32. The second-order valence-electron chi connectivity index (χ2n) is 4.74. The zero-order chi connectivity index (χ0) is 11.9. The van der Waals surface area contributed by atoms with Gasteiger partial charge in [-0.3, -0.25) is 4.79 Å². The SMILES string of the molecule is N#CC1(Cc2ccc3c(c2)NC(=O)CO3)CC1. The Hall–Kier alpha value is -2.02. The lowest BCUT2D eigenvalue weighted by Crippen LogP contribution is -2.25. The van der Waals surface area contributed by atoms with Gasteiger partial charge in [0.05, 0.1) is 17.2 Å². The number of ether oxygens (including phenoxy) is 1. The monoisotopic (exact) mass is 228 g/mol. The molecule has 0 aromatic heterocycles. The van der Waals surface area contributed by atoms with Crippen molar-refractivity contribution in [2.75, 3.05) is 11.9 Å². The van der Waals surface area contributed by atoms with E-state index >= 15 is 0 Å². The molecule has 1 aliphatic carbocycles. The molecule has 3 rings (SSSR count). The molecule has 1 fully saturated rings. The number of rotatable bonds is 2. The number of carbonyl (C=O) groups excluding carboxylic acids is 1. The number of benzene rings is 1. The van der Waals surface area contributed by atoms with Crippen molar-refractivity contribution in [3.63, 3.8) is 0 Å². The van der Waals surface area contributed by atoms with E-state index in [1.54, 1.807) is 0 Å². The summed E-state index contributed by atoms with van der Waals surface area (Å²) in [5.41, 5.74) is 1.63. The second-order valence-corrected chi connectivity index (χ2v) is 4.74. The summed E-state index contributed by atoms with van der Waals surface area (Å²) in [7, 11) is 0. The zero-order valence-electron chi connectivity index (χ0n) is 9.32. The van der Waals surface area contributed by atoms with E-state index in [2.05, 4.69) is 11.4 Å². The fraction of sp³-hybridized carbons (Fsp3) is 0.385. The lowest BCUT2D eigenvalue weighted by atomic mass is 9.97. The van der Waals surface area contributed by atoms with Gasteiger partial charge in [-0.2, -0.15) is 5.26 Å². The van der Waals surface area contributed by atoms with Crippen LogP contribution in [-0.2, 0) is 11.2 Å². The van der Waals surface area contributed by atoms with E-state index < -0.39 is 0 Å². The standard InChI is InChI=1S/C13H12N2O2/c14-8-13(3-4-13)6-9-1-2-11-10(5-9)15-12(16)7-17-11/h1-2,5H,3-4,6-7H2,(H,15,16). The van der Waals surface area contributed by atoms with Crippen molar-refractivity contribution >= 4 is 11.6 Å². The number of amides is 1. The maximum atomic E-state index is 11.2. The summed E-state index contributed by atoms with van der Waals surface area (Å²) in [5, 5.41) is 11.8. The molecule has 0 spiro atoms. The third kappa shape index (κ3) is 1.84. The molecule has 4 heteroatoms. The molecule has 0 unspecified atom stereocenters. The summed E-state index contributed by atoms with van der Waals surface area (Å²) in [6, 6.07) is 8.10. The third-order valence-electron chi connectivity index (χ3n) is 3.31. The molecule has 1 aromatic rings. The molecule has 1 aliphatic heterocycles. The first-order chi connectivity index (χ1) is 8.21. The van der Waals surface area contributed by atoms with Crippen LogP contribution >= 0.6 is 0 Å². The quantitative estimate of drug-likeness (QED) is 0.840. The van der Waals surface area contributed by atoms with Gasteiger partial charge in [-0.25, -0.2) is 0 Å². The van der Waals surface area contributed by atoms with Gasteiger partial charge in [0.25, 0.3) is 5.91 Å². The summed E-state index contributed by atoms with van der Waals surface area (Å²) in [6.07, 6.45) is 2.71. The molecule has 17 heavy (non-hydrogen) atoms. The second kappa shape index (κ2) is 3.49. The highest BCUT2D eigenvalue weighted by Crippen LogP contribution is 2.48. The normalized spacial score (nSPS) is 19.6. The van der Waals surface area contributed by atoms with Crippen molar-refractivity contribution in [3.05, 3.63) is 23.8 Å². The van der Waals surface area contributed by atoms with Gasteiger partial charge in [-0.05, 0) is 37.0 Å². The first-order valence-electron chi connectivity index (χ1n) is 5.68. The van der Waals surface area contributed by atoms with Crippen LogP contribution in [0, 0.1) is 16.7 Å². The Kier molecular flexibility index (Phi) is 2.08. The van der Waals surface area contributed by atoms with Gasteiger partial charge in [0.2, 0.25) is 0 Å². The Labute approximate surface area is 99.2 Å². The van der Waals surface area contributed by atoms with E-state index in [4.69, 9.17) is 10.00 Å². The van der Waals surface area contributed by atoms with Crippen molar-refractivity contribution < 1.29 is 9.53 Å². The highest BCUT2D eigenvalue weighted by Gasteiger charge is 2.43. The Morgan fingerprint density at radius 1 is 1.47 bits per heavy atom. The largest absolute Gasteiger partial charge is 0.482 e. The highest BCUT2D eigenvalue weighted by atomic mass is 16.5. The van der Waals surface area contributed by atoms with Gasteiger partial charge < -0.3 is 10.1 Å². The number of carbonyl (C=O) groups is 1. The molecule has 2 aliphatic rings. The first kappa shape index (κ1) is 10.2. The molecule has 4 nitrogen and oxygen atoms in total. The minimum absolute atomic E-state index is 0.0779. The fourth-order valence-corrected chi connectivity index (χ4v) is 2.11. The van der Waals surface area contributed by atoms with E-state index in [1.807, 2.05) is 18.2 Å². The molecule has 1 heterocycles. The summed E-state index contributed by atoms with van der Waals surface area (Å²) >= 11 is 0. The van der Waals surface area contributed by atoms with E-state index in [0.717, 1.165) is 24.8 Å². The Bertz CT molecular complexity index is 527. The minimum atomic E-state index is -0.159. The van der Waals surface area contributed by atoms with Gasteiger partial charge in [0, 0.05) is 0 Å². The van der Waals surface area contributed by atoms with Crippen molar-refractivity contribution in [1.82, 2.24) is 0 Å². The summed E-state index contributed by atoms with van der Waals surface area (Å²) in [5.74, 6) is 0.575. The van der Waals surface area contributed by atoms with Crippen molar-refractivity contribution in [3.8, 4) is 11.8 Å². The van der Waals surface area contributed by atoms with Crippen LogP contribution in [0.1, 0.15) is 18.4 Å². The Morgan fingerprint density at radius 2 is 2.29 bits per heavy atom. The predicted molar refractivity (Wildman–Crippen MR) is 61.6 cm³/mol. The van der Waals surface area contributed by atoms with Crippen LogP contribution in [0.25, 0.3) is 0 Å². The summed E-state index contributed by atoms with van der Waals surface area (Å²) in [4.78, 5) is 11.2. The van der Waals surface area contributed by atoms with E-state index in [-0.39, 0.29) is 17.9 Å². The maximum Gasteiger partial charge on any atom is 0.262 e. The Balaban J connectivity index is 1.86. The minimum Gasteiger partial charge on any atom is -0.482 e. The number of fused-ring (bicyclic) bond motifs is 1. The molecule has 1 saturated carbocycles. The molecule has 0 atom stereocenters. The van der Waals surface area contributed by atoms with E-state index in [1.165, 1.54) is 0 Å². The number of hydrogen-bond acceptors (Lipinski definition) is 3. The van der Waals surface area contributed by atoms with E-state index in [0.29, 0.717) is 11.4 Å². The average molecular weight is 228 g/mol. The maximum absolute atomic E-state index is 11.2. The predicted octanol–water partition coefficient (Wildman–Crippen LogP) is 1.86. The first-order valence-corrected chi connectivity index (χ1v) is 5.68. The van der Waals surface area contributed by atoms with Crippen molar-refractivity contribution in [1.29, 1.82) is 5.26 Å². The molecule has 0 bridgehead atoms. The van der Waals surface area contributed by atoms with Gasteiger partial charge in [0.15, 0.2) is 6.61 Å². The third-order valence-corrected chi connectivity index (χ3v) is 3.31. The molecule has 86 valence electrons. The van der Waals surface area contributed by atoms with Crippen LogP contribution in [0.15, 0.2) is 18.2 Å². The fourth-order valence-electron chi connectivity index (χ4n) is 2.11. The molecule has 0 saturated heterocycles. The lowest BCUT2D eigenvalue weighted by molar-refractivity contribution is -0.118. The van der Waals surface area contributed by atoms with Gasteiger partial charge >= 0.3 is 0 Å². The molecule has 0 radical (unpaired) electrons. The topological polar surface area (TPSA) is 62.1 Å². The van der Waals surface area contributed by atoms with Crippen LogP contribution in [0.4, 0.5) is 5.69 Å². The van der Waals surface area contributed by atoms with Gasteiger partial charge in [-0.1, -0.05) is 6.07 Å². The highest BCUT2D eigenvalue weighted by molar-refractivity contribution is 5.95. The van der Waals surface area contributed by atoms with Crippen molar-refractivity contribution in [2.45, 2.75) is 19.3 Å². The number of nitrogens with zero attached hydrogens (tertiary/aromatic N) is 1. The molecular formula is C13H12N2O2. The number of anilines is 1. The van der Waals surface area contributed by atoms with E-state index in [9.17, 15) is 4.79 Å². The lowest BCUT2D eigenvalue weighted by Gasteiger charge is -2.19. The van der Waals surface area contributed by atoms with Gasteiger partial charge in [0.1, 0.15) is 5.75 Å². The smallest absolute Gasteiger partial charge is 0.262 e. The molecule has 1 aromatic carbocycles. The summed E-state index contributed by atoms with van der Waals surface area (Å²) < 4.78 is 5.29. The van der Waals surface area contributed by atoms with Crippen LogP contribution < -0.4 is 10.1 Å². The molecular weight excluding hydrogens is 216 g/mol. The van der Waals surface area contributed by atoms with Crippen LogP contribution in [-0.4, -0.2) is 12.5 Å². The summed E-state index contributed by atoms with van der Waals surface area (Å²) in [6.45, 7) is 0.0779. The van der Waals surface area contributed by atoms with Crippen LogP contribution in [0.5, 0.6) is 5.75 Å². The van der Waals surface area contributed by atoms with Crippen molar-refractivity contribution in [2.24, 2.45) is 5.41 Å². The average Bonchev–Trinajstić information content (AvgIpc) is 3.09. The Morgan fingerprint density at radius 3 is 3.00 bits per heavy atom. The van der Waals surface area contributed by atoms with Crippen LogP contribution in [0.2, 0.25) is 0 Å². The van der Waals surface area contributed by atoms with Gasteiger partial charge in [-0.15, -0.1) is 0 Å². The number of nitriles is 1. The molecule has 1 N–H and O–H groups in total. The van der Waals surface area contributed by atoms with Crippen LogP contribution in [0.3, 0.4) is 0 Å². The number of hydrogen-bond donors (Lipinski definition) is 1. The number of nitrogens with one attached hydrogen (secondary N) is 1.